The molecule has 1 N–H and O–H groups in total. The van der Waals surface area contributed by atoms with Crippen LogP contribution in [-0.4, -0.2) is 47.2 Å². The molecule has 3 rings (SSSR count). The number of carboxylic acids is 1. The monoisotopic (exact) mass is 289 g/mol. The van der Waals surface area contributed by atoms with E-state index in [-0.39, 0.29) is 6.04 Å². The van der Waals surface area contributed by atoms with Crippen molar-refractivity contribution in [2.24, 2.45) is 5.92 Å². The normalized spacial score (nSPS) is 31.9. The summed E-state index contributed by atoms with van der Waals surface area (Å²) in [5.41, 5.74) is 0.466. The molecule has 21 heavy (non-hydrogen) atoms. The lowest BCUT2D eigenvalue weighted by atomic mass is 9.87. The molecule has 2 saturated heterocycles. The Morgan fingerprint density at radius 1 is 1.24 bits per heavy atom. The largest absolute Gasteiger partial charge is 0.481 e. The van der Waals surface area contributed by atoms with Gasteiger partial charge in [0.25, 0.3) is 0 Å². The molecule has 0 saturated carbocycles. The molecule has 112 valence electrons. The first kappa shape index (κ1) is 14.1. The van der Waals surface area contributed by atoms with Crippen molar-refractivity contribution < 1.29 is 19.4 Å². The zero-order valence-electron chi connectivity index (χ0n) is 11.9. The van der Waals surface area contributed by atoms with Crippen molar-refractivity contribution in [1.82, 2.24) is 4.90 Å². The summed E-state index contributed by atoms with van der Waals surface area (Å²) in [5.74, 6) is -1.95. The maximum Gasteiger partial charge on any atom is 0.338 e. The molecule has 4 atom stereocenters. The van der Waals surface area contributed by atoms with Gasteiger partial charge in [-0.3, -0.25) is 9.69 Å². The van der Waals surface area contributed by atoms with Gasteiger partial charge in [0.1, 0.15) is 12.0 Å². The summed E-state index contributed by atoms with van der Waals surface area (Å²) in [6, 6.07) is 9.01. The van der Waals surface area contributed by atoms with Crippen molar-refractivity contribution in [1.29, 1.82) is 0 Å². The molecule has 5 heteroatoms. The van der Waals surface area contributed by atoms with Crippen molar-refractivity contribution in [3.05, 3.63) is 35.9 Å². The van der Waals surface area contributed by atoms with E-state index >= 15 is 0 Å². The molecule has 1 aromatic rings. The minimum absolute atomic E-state index is 0.0326. The molecule has 1 aromatic carbocycles. The van der Waals surface area contributed by atoms with Gasteiger partial charge in [-0.25, -0.2) is 4.79 Å². The Hall–Kier alpha value is -1.88. The van der Waals surface area contributed by atoms with E-state index in [2.05, 4.69) is 4.90 Å². The van der Waals surface area contributed by atoms with Crippen LogP contribution >= 0.6 is 0 Å². The molecular formula is C16H19NO4. The highest BCUT2D eigenvalue weighted by Crippen LogP contribution is 2.39. The van der Waals surface area contributed by atoms with Gasteiger partial charge in [-0.2, -0.15) is 0 Å². The van der Waals surface area contributed by atoms with Crippen molar-refractivity contribution >= 4 is 11.9 Å². The molecule has 0 amide bonds. The highest BCUT2D eigenvalue weighted by atomic mass is 16.5. The maximum atomic E-state index is 12.2. The van der Waals surface area contributed by atoms with Crippen LogP contribution in [0.4, 0.5) is 0 Å². The van der Waals surface area contributed by atoms with Crippen LogP contribution in [0, 0.1) is 5.92 Å². The van der Waals surface area contributed by atoms with Gasteiger partial charge in [-0.1, -0.05) is 18.2 Å². The van der Waals surface area contributed by atoms with Crippen LogP contribution in [0.25, 0.3) is 0 Å². The summed E-state index contributed by atoms with van der Waals surface area (Å²) in [5, 5.41) is 9.51. The van der Waals surface area contributed by atoms with Gasteiger partial charge < -0.3 is 9.84 Å². The molecule has 0 aromatic heterocycles. The minimum Gasteiger partial charge on any atom is -0.481 e. The second-order valence-corrected chi connectivity index (χ2v) is 5.87. The molecule has 0 spiro atoms. The van der Waals surface area contributed by atoms with Gasteiger partial charge in [0, 0.05) is 18.5 Å². The second-order valence-electron chi connectivity index (χ2n) is 5.87. The SMILES string of the molecule is CN1[C@H]2CC[C@@H]1[C@H](C(=O)O)[C@@H](OC(=O)c1ccccc1)C2. The van der Waals surface area contributed by atoms with Gasteiger partial charge in [-0.15, -0.1) is 0 Å². The molecule has 0 aliphatic carbocycles. The van der Waals surface area contributed by atoms with Crippen LogP contribution in [0.5, 0.6) is 0 Å². The van der Waals surface area contributed by atoms with Gasteiger partial charge in [0.15, 0.2) is 0 Å². The average molecular weight is 289 g/mol. The van der Waals surface area contributed by atoms with E-state index in [4.69, 9.17) is 4.74 Å². The smallest absolute Gasteiger partial charge is 0.338 e. The summed E-state index contributed by atoms with van der Waals surface area (Å²) >= 11 is 0. The number of hydrogen-bond donors (Lipinski definition) is 1. The van der Waals surface area contributed by atoms with Crippen LogP contribution < -0.4 is 0 Å². The van der Waals surface area contributed by atoms with E-state index in [0.29, 0.717) is 18.0 Å². The zero-order valence-corrected chi connectivity index (χ0v) is 11.9. The van der Waals surface area contributed by atoms with Gasteiger partial charge >= 0.3 is 11.9 Å². The van der Waals surface area contributed by atoms with Crippen LogP contribution in [0.1, 0.15) is 29.6 Å². The fraction of sp³-hybridized carbons (Fsp3) is 0.500. The van der Waals surface area contributed by atoms with Crippen molar-refractivity contribution in [2.45, 2.75) is 37.5 Å². The first-order chi connectivity index (χ1) is 10.1. The number of piperidine rings is 1. The molecule has 0 radical (unpaired) electrons. The number of esters is 1. The van der Waals surface area contributed by atoms with E-state index in [9.17, 15) is 14.7 Å². The van der Waals surface area contributed by atoms with Gasteiger partial charge in [0.05, 0.1) is 5.56 Å². The van der Waals surface area contributed by atoms with E-state index < -0.39 is 24.0 Å². The third kappa shape index (κ3) is 2.53. The Morgan fingerprint density at radius 2 is 1.95 bits per heavy atom. The highest BCUT2D eigenvalue weighted by Gasteiger charge is 2.50. The topological polar surface area (TPSA) is 66.8 Å². The Bertz CT molecular complexity index is 544. The van der Waals surface area contributed by atoms with Crippen molar-refractivity contribution in [3.8, 4) is 0 Å². The first-order valence-corrected chi connectivity index (χ1v) is 7.28. The number of carbonyl (C=O) groups is 2. The van der Waals surface area contributed by atoms with E-state index in [1.165, 1.54) is 0 Å². The fourth-order valence-corrected chi connectivity index (χ4v) is 3.65. The summed E-state index contributed by atoms with van der Waals surface area (Å²) in [4.78, 5) is 25.9. The summed E-state index contributed by atoms with van der Waals surface area (Å²) in [7, 11) is 1.97. The minimum atomic E-state index is -0.877. The molecular weight excluding hydrogens is 270 g/mol. The Morgan fingerprint density at radius 3 is 2.62 bits per heavy atom. The van der Waals surface area contributed by atoms with Crippen molar-refractivity contribution in [2.75, 3.05) is 7.05 Å². The second kappa shape index (κ2) is 5.48. The third-order valence-corrected chi connectivity index (χ3v) is 4.77. The lowest BCUT2D eigenvalue weighted by Gasteiger charge is -2.40. The summed E-state index contributed by atoms with van der Waals surface area (Å²) < 4.78 is 5.53. The molecule has 5 nitrogen and oxygen atoms in total. The van der Waals surface area contributed by atoms with E-state index in [0.717, 1.165) is 12.8 Å². The van der Waals surface area contributed by atoms with Crippen LogP contribution in [-0.2, 0) is 9.53 Å². The zero-order chi connectivity index (χ0) is 15.0. The Balaban J connectivity index is 1.78. The number of rotatable bonds is 3. The standard InChI is InChI=1S/C16H19NO4/c1-17-11-7-8-12(17)14(15(18)19)13(9-11)21-16(20)10-5-3-2-4-6-10/h2-6,11-14H,7-9H2,1H3,(H,18,19)/t11-,12+,13-,14-/m0/s1. The molecule has 2 aliphatic rings. The number of hydrogen-bond acceptors (Lipinski definition) is 4. The fourth-order valence-electron chi connectivity index (χ4n) is 3.65. The lowest BCUT2D eigenvalue weighted by molar-refractivity contribution is -0.152. The highest BCUT2D eigenvalue weighted by molar-refractivity contribution is 5.89. The van der Waals surface area contributed by atoms with Crippen LogP contribution in [0.15, 0.2) is 30.3 Å². The first-order valence-electron chi connectivity index (χ1n) is 7.28. The third-order valence-electron chi connectivity index (χ3n) is 4.77. The van der Waals surface area contributed by atoms with Crippen LogP contribution in [0.3, 0.4) is 0 Å². The number of carboxylic acid groups (broad SMARTS) is 1. The number of fused-ring (bicyclic) bond motifs is 2. The van der Waals surface area contributed by atoms with Crippen LogP contribution in [0.2, 0.25) is 0 Å². The summed E-state index contributed by atoms with van der Waals surface area (Å²) in [6.07, 6.45) is 1.90. The number of aliphatic carboxylic acids is 1. The molecule has 2 aliphatic heterocycles. The Kier molecular flexibility index (Phi) is 3.68. The average Bonchev–Trinajstić information content (AvgIpc) is 2.72. The number of benzene rings is 1. The van der Waals surface area contributed by atoms with Crippen molar-refractivity contribution in [3.63, 3.8) is 0 Å². The number of nitrogens with zero attached hydrogens (tertiary/aromatic N) is 1. The van der Waals surface area contributed by atoms with Gasteiger partial charge in [-0.05, 0) is 32.0 Å². The predicted molar refractivity (Wildman–Crippen MR) is 76.0 cm³/mol. The quantitative estimate of drug-likeness (QED) is 0.859. The summed E-state index contributed by atoms with van der Waals surface area (Å²) in [6.45, 7) is 0. The van der Waals surface area contributed by atoms with Gasteiger partial charge in [0.2, 0.25) is 0 Å². The molecule has 2 heterocycles. The van der Waals surface area contributed by atoms with E-state index in [1.807, 2.05) is 13.1 Å². The molecule has 0 unspecified atom stereocenters. The maximum absolute atomic E-state index is 12.2. The molecule has 2 fully saturated rings. The number of carbonyl (C=O) groups excluding carboxylic acids is 1. The predicted octanol–water partition coefficient (Wildman–Crippen LogP) is 1.78. The Labute approximate surface area is 123 Å². The number of ether oxygens (including phenoxy) is 1. The molecule has 2 bridgehead atoms. The lowest BCUT2D eigenvalue weighted by Crippen LogP contribution is -2.53. The van der Waals surface area contributed by atoms with E-state index in [1.54, 1.807) is 24.3 Å².